The molecule has 0 bridgehead atoms. The minimum absolute atomic E-state index is 0.00811. The summed E-state index contributed by atoms with van der Waals surface area (Å²) in [5.74, 6) is -1.16. The van der Waals surface area contributed by atoms with Crippen LogP contribution < -0.4 is 0 Å². The van der Waals surface area contributed by atoms with Crippen LogP contribution >= 0.6 is 11.3 Å². The standard InChI is InChI=1S/C14H16N2O3S/c1-10(2)16(7-3-6-15)14(19)11-8-12(20-9-11)4-5-13(17)18/h4-5,8-10H,3,7H2,1-2H3,(H,17,18). The van der Waals surface area contributed by atoms with E-state index in [1.54, 1.807) is 16.3 Å². The third kappa shape index (κ3) is 4.52. The van der Waals surface area contributed by atoms with Gasteiger partial charge < -0.3 is 10.0 Å². The lowest BCUT2D eigenvalue weighted by atomic mass is 10.2. The number of carbonyl (C=O) groups is 2. The lowest BCUT2D eigenvalue weighted by Gasteiger charge is -2.25. The summed E-state index contributed by atoms with van der Waals surface area (Å²) in [5.41, 5.74) is 0.520. The smallest absolute Gasteiger partial charge is 0.328 e. The van der Waals surface area contributed by atoms with Crippen LogP contribution in [0.5, 0.6) is 0 Å². The molecule has 1 rings (SSSR count). The first-order valence-corrected chi connectivity index (χ1v) is 7.01. The summed E-state index contributed by atoms with van der Waals surface area (Å²) >= 11 is 1.31. The van der Waals surface area contributed by atoms with Crippen molar-refractivity contribution in [2.24, 2.45) is 0 Å². The van der Waals surface area contributed by atoms with Crippen LogP contribution in [0.2, 0.25) is 0 Å². The molecule has 0 aliphatic rings. The predicted molar refractivity (Wildman–Crippen MR) is 77.4 cm³/mol. The molecule has 0 unspecified atom stereocenters. The Bertz CT molecular complexity index is 555. The number of hydrogen-bond acceptors (Lipinski definition) is 4. The molecule has 1 aromatic rings. The zero-order valence-corrected chi connectivity index (χ0v) is 12.2. The minimum Gasteiger partial charge on any atom is -0.478 e. The lowest BCUT2D eigenvalue weighted by molar-refractivity contribution is -0.131. The molecule has 0 atom stereocenters. The average molecular weight is 292 g/mol. The van der Waals surface area contributed by atoms with Crippen molar-refractivity contribution in [2.75, 3.05) is 6.54 Å². The van der Waals surface area contributed by atoms with Gasteiger partial charge in [0.1, 0.15) is 0 Å². The molecule has 0 fully saturated rings. The summed E-state index contributed by atoms with van der Waals surface area (Å²) in [7, 11) is 0. The van der Waals surface area contributed by atoms with Gasteiger partial charge in [-0.05, 0) is 26.0 Å². The summed E-state index contributed by atoms with van der Waals surface area (Å²) in [6.07, 6.45) is 2.79. The first-order chi connectivity index (χ1) is 9.45. The molecular formula is C14H16N2O3S. The molecule has 0 spiro atoms. The van der Waals surface area contributed by atoms with Gasteiger partial charge >= 0.3 is 5.97 Å². The van der Waals surface area contributed by atoms with Crippen LogP contribution in [0, 0.1) is 11.3 Å². The molecular weight excluding hydrogens is 276 g/mol. The van der Waals surface area contributed by atoms with Crippen molar-refractivity contribution < 1.29 is 14.7 Å². The van der Waals surface area contributed by atoms with Gasteiger partial charge in [-0.15, -0.1) is 11.3 Å². The molecule has 106 valence electrons. The molecule has 0 aromatic carbocycles. The van der Waals surface area contributed by atoms with E-state index >= 15 is 0 Å². The molecule has 0 radical (unpaired) electrons. The summed E-state index contributed by atoms with van der Waals surface area (Å²) in [6, 6.07) is 3.70. The molecule has 20 heavy (non-hydrogen) atoms. The van der Waals surface area contributed by atoms with E-state index in [0.717, 1.165) is 6.08 Å². The number of carboxylic acids is 1. The maximum Gasteiger partial charge on any atom is 0.328 e. The van der Waals surface area contributed by atoms with E-state index in [1.165, 1.54) is 17.4 Å². The van der Waals surface area contributed by atoms with Gasteiger partial charge in [0, 0.05) is 28.9 Å². The molecule has 5 nitrogen and oxygen atoms in total. The molecule has 1 heterocycles. The van der Waals surface area contributed by atoms with Gasteiger partial charge in [-0.25, -0.2) is 4.79 Å². The highest BCUT2D eigenvalue weighted by molar-refractivity contribution is 7.11. The van der Waals surface area contributed by atoms with Crippen LogP contribution in [0.15, 0.2) is 17.5 Å². The molecule has 0 aliphatic heterocycles. The van der Waals surface area contributed by atoms with E-state index in [1.807, 2.05) is 19.9 Å². The summed E-state index contributed by atoms with van der Waals surface area (Å²) in [6.45, 7) is 4.18. The van der Waals surface area contributed by atoms with Crippen molar-refractivity contribution in [1.82, 2.24) is 4.90 Å². The highest BCUT2D eigenvalue weighted by atomic mass is 32.1. The van der Waals surface area contributed by atoms with Gasteiger partial charge in [0.25, 0.3) is 5.91 Å². The van der Waals surface area contributed by atoms with Gasteiger partial charge in [0.15, 0.2) is 0 Å². The Labute approximate surface area is 121 Å². The van der Waals surface area contributed by atoms with E-state index in [0.29, 0.717) is 23.4 Å². The Morgan fingerprint density at radius 1 is 1.55 bits per heavy atom. The zero-order chi connectivity index (χ0) is 15.1. The number of thiophene rings is 1. The van der Waals surface area contributed by atoms with E-state index < -0.39 is 5.97 Å². The van der Waals surface area contributed by atoms with E-state index in [9.17, 15) is 9.59 Å². The summed E-state index contributed by atoms with van der Waals surface area (Å²) in [5, 5.41) is 18.9. The van der Waals surface area contributed by atoms with Gasteiger partial charge in [-0.1, -0.05) is 0 Å². The number of carbonyl (C=O) groups excluding carboxylic acids is 1. The maximum absolute atomic E-state index is 12.3. The molecule has 1 amide bonds. The monoisotopic (exact) mass is 292 g/mol. The van der Waals surface area contributed by atoms with Crippen molar-refractivity contribution in [3.05, 3.63) is 28.0 Å². The van der Waals surface area contributed by atoms with E-state index in [2.05, 4.69) is 0 Å². The van der Waals surface area contributed by atoms with Gasteiger partial charge in [0.05, 0.1) is 18.1 Å². The SMILES string of the molecule is CC(C)N(CCC#N)C(=O)c1csc(C=CC(=O)O)c1. The Balaban J connectivity index is 2.85. The van der Waals surface area contributed by atoms with E-state index in [4.69, 9.17) is 10.4 Å². The molecule has 0 saturated carbocycles. The zero-order valence-electron chi connectivity index (χ0n) is 11.4. The fourth-order valence-electron chi connectivity index (χ4n) is 1.64. The molecule has 0 saturated heterocycles. The van der Waals surface area contributed by atoms with Crippen LogP contribution in [0.25, 0.3) is 6.08 Å². The Morgan fingerprint density at radius 3 is 2.80 bits per heavy atom. The van der Waals surface area contributed by atoms with Gasteiger partial charge in [-0.2, -0.15) is 5.26 Å². The van der Waals surface area contributed by atoms with Crippen molar-refractivity contribution >= 4 is 29.3 Å². The van der Waals surface area contributed by atoms with Crippen LogP contribution in [0.3, 0.4) is 0 Å². The Hall–Kier alpha value is -2.13. The maximum atomic E-state index is 12.3. The largest absolute Gasteiger partial charge is 0.478 e. The Kier molecular flexibility index (Phi) is 5.94. The topological polar surface area (TPSA) is 81.4 Å². The average Bonchev–Trinajstić information content (AvgIpc) is 2.85. The fraction of sp³-hybridized carbons (Fsp3) is 0.357. The third-order valence-electron chi connectivity index (χ3n) is 2.61. The quantitative estimate of drug-likeness (QED) is 0.817. The summed E-state index contributed by atoms with van der Waals surface area (Å²) in [4.78, 5) is 25.1. The second-order valence-corrected chi connectivity index (χ2v) is 5.35. The number of nitrogens with zero attached hydrogens (tertiary/aromatic N) is 2. The summed E-state index contributed by atoms with van der Waals surface area (Å²) < 4.78 is 0. The number of nitriles is 1. The number of carboxylic acid groups (broad SMARTS) is 1. The minimum atomic E-state index is -1.02. The second-order valence-electron chi connectivity index (χ2n) is 4.41. The van der Waals surface area contributed by atoms with Crippen molar-refractivity contribution in [3.8, 4) is 6.07 Å². The van der Waals surface area contributed by atoms with Crippen LogP contribution in [-0.4, -0.2) is 34.5 Å². The highest BCUT2D eigenvalue weighted by Crippen LogP contribution is 2.19. The number of hydrogen-bond donors (Lipinski definition) is 1. The van der Waals surface area contributed by atoms with Crippen LogP contribution in [0.1, 0.15) is 35.5 Å². The number of aliphatic carboxylic acids is 1. The van der Waals surface area contributed by atoms with Gasteiger partial charge in [-0.3, -0.25) is 4.79 Å². The van der Waals surface area contributed by atoms with E-state index in [-0.39, 0.29) is 11.9 Å². The number of amides is 1. The number of rotatable bonds is 6. The normalized spacial score (nSPS) is 10.7. The van der Waals surface area contributed by atoms with Gasteiger partial charge in [0.2, 0.25) is 0 Å². The first kappa shape index (κ1) is 15.9. The highest BCUT2D eigenvalue weighted by Gasteiger charge is 2.19. The van der Waals surface area contributed by atoms with Crippen LogP contribution in [-0.2, 0) is 4.79 Å². The van der Waals surface area contributed by atoms with Crippen molar-refractivity contribution in [3.63, 3.8) is 0 Å². The Morgan fingerprint density at radius 2 is 2.25 bits per heavy atom. The molecule has 6 heteroatoms. The third-order valence-corrected chi connectivity index (χ3v) is 3.50. The van der Waals surface area contributed by atoms with Crippen molar-refractivity contribution in [1.29, 1.82) is 5.26 Å². The van der Waals surface area contributed by atoms with Crippen molar-refractivity contribution in [2.45, 2.75) is 26.3 Å². The molecule has 0 aliphatic carbocycles. The molecule has 1 N–H and O–H groups in total. The second kappa shape index (κ2) is 7.46. The van der Waals surface area contributed by atoms with Crippen LogP contribution in [0.4, 0.5) is 0 Å². The fourth-order valence-corrected chi connectivity index (χ4v) is 2.41. The predicted octanol–water partition coefficient (Wildman–Crippen LogP) is 2.61. The first-order valence-electron chi connectivity index (χ1n) is 6.13. The lowest BCUT2D eigenvalue weighted by Crippen LogP contribution is -2.37. The molecule has 1 aromatic heterocycles.